The van der Waals surface area contributed by atoms with E-state index in [0.717, 1.165) is 0 Å². The summed E-state index contributed by atoms with van der Waals surface area (Å²) in [5.41, 5.74) is 3.65. The van der Waals surface area contributed by atoms with E-state index in [-0.39, 0.29) is 18.9 Å². The van der Waals surface area contributed by atoms with Gasteiger partial charge in [0.2, 0.25) is 11.8 Å². The Bertz CT molecular complexity index is 417. The minimum Gasteiger partial charge on any atom is -0.481 e. The van der Waals surface area contributed by atoms with Gasteiger partial charge < -0.3 is 15.7 Å². The van der Waals surface area contributed by atoms with Gasteiger partial charge in [0, 0.05) is 19.5 Å². The highest BCUT2D eigenvalue weighted by atomic mass is 16.4. The predicted octanol–water partition coefficient (Wildman–Crippen LogP) is 0.991. The van der Waals surface area contributed by atoms with E-state index in [4.69, 9.17) is 5.73 Å². The predicted molar refractivity (Wildman–Crippen MR) is 73.8 cm³/mol. The largest absolute Gasteiger partial charge is 0.481 e. The van der Waals surface area contributed by atoms with Crippen molar-refractivity contribution in [2.75, 3.05) is 13.1 Å². The Morgan fingerprint density at radius 3 is 2.20 bits per heavy atom. The molecule has 6 nitrogen and oxygen atoms in total. The highest BCUT2D eigenvalue weighted by Gasteiger charge is 2.44. The standard InChI is InChI=1S/C14H24N2O4/c1-4-14(5-2,12(19)20)8-10(17)16-7-6-13(3,9-16)11(15)18/h4-9H2,1-3H3,(H2,15,18)(H,19,20). The molecule has 1 rings (SSSR count). The Balaban J connectivity index is 2.78. The number of carboxylic acid groups (broad SMARTS) is 1. The second-order valence-corrected chi connectivity index (χ2v) is 5.96. The molecule has 0 aromatic carbocycles. The zero-order chi connectivity index (χ0) is 15.6. The van der Waals surface area contributed by atoms with Crippen LogP contribution in [-0.2, 0) is 14.4 Å². The molecule has 0 bridgehead atoms. The molecule has 1 aliphatic rings. The van der Waals surface area contributed by atoms with Crippen LogP contribution in [0.1, 0.15) is 46.5 Å². The first-order valence-electron chi connectivity index (χ1n) is 7.02. The van der Waals surface area contributed by atoms with E-state index in [9.17, 15) is 19.5 Å². The molecule has 0 saturated carbocycles. The van der Waals surface area contributed by atoms with Gasteiger partial charge in [-0.1, -0.05) is 13.8 Å². The van der Waals surface area contributed by atoms with Crippen molar-refractivity contribution in [3.05, 3.63) is 0 Å². The second kappa shape index (κ2) is 5.81. The lowest BCUT2D eigenvalue weighted by molar-refractivity contribution is -0.154. The summed E-state index contributed by atoms with van der Waals surface area (Å²) in [6.45, 7) is 6.04. The van der Waals surface area contributed by atoms with E-state index in [2.05, 4.69) is 0 Å². The minimum absolute atomic E-state index is 0.0236. The van der Waals surface area contributed by atoms with Gasteiger partial charge in [-0.05, 0) is 26.2 Å². The molecule has 2 amide bonds. The molecule has 1 unspecified atom stereocenters. The maximum absolute atomic E-state index is 12.3. The third-order valence-corrected chi connectivity index (χ3v) is 4.72. The van der Waals surface area contributed by atoms with Crippen molar-refractivity contribution in [1.82, 2.24) is 4.90 Å². The fourth-order valence-corrected chi connectivity index (χ4v) is 2.65. The third kappa shape index (κ3) is 2.94. The molecular weight excluding hydrogens is 260 g/mol. The topological polar surface area (TPSA) is 101 Å². The van der Waals surface area contributed by atoms with Crippen molar-refractivity contribution < 1.29 is 19.5 Å². The number of amides is 2. The first kappa shape index (κ1) is 16.5. The zero-order valence-electron chi connectivity index (χ0n) is 12.4. The summed E-state index contributed by atoms with van der Waals surface area (Å²) in [4.78, 5) is 36.7. The van der Waals surface area contributed by atoms with E-state index in [1.54, 1.807) is 25.7 Å². The van der Waals surface area contributed by atoms with Crippen molar-refractivity contribution in [3.8, 4) is 0 Å². The lowest BCUT2D eigenvalue weighted by Gasteiger charge is -2.29. The molecule has 0 radical (unpaired) electrons. The second-order valence-electron chi connectivity index (χ2n) is 5.96. The summed E-state index contributed by atoms with van der Waals surface area (Å²) in [5.74, 6) is -1.56. The Hall–Kier alpha value is -1.59. The van der Waals surface area contributed by atoms with Crippen molar-refractivity contribution in [2.24, 2.45) is 16.6 Å². The molecule has 1 aliphatic heterocycles. The summed E-state index contributed by atoms with van der Waals surface area (Å²) < 4.78 is 0. The molecule has 6 heteroatoms. The number of primary amides is 1. The third-order valence-electron chi connectivity index (χ3n) is 4.72. The van der Waals surface area contributed by atoms with Gasteiger partial charge >= 0.3 is 5.97 Å². The maximum atomic E-state index is 12.3. The van der Waals surface area contributed by atoms with Crippen LogP contribution in [0.5, 0.6) is 0 Å². The number of carboxylic acids is 1. The monoisotopic (exact) mass is 284 g/mol. The van der Waals surface area contributed by atoms with Gasteiger partial charge in [-0.3, -0.25) is 14.4 Å². The van der Waals surface area contributed by atoms with Crippen LogP contribution in [0.2, 0.25) is 0 Å². The molecule has 1 atom stereocenters. The molecule has 0 spiro atoms. The molecule has 1 saturated heterocycles. The number of nitrogens with zero attached hydrogens (tertiary/aromatic N) is 1. The number of aliphatic carboxylic acids is 1. The molecule has 0 aliphatic carbocycles. The lowest BCUT2D eigenvalue weighted by atomic mass is 9.79. The van der Waals surface area contributed by atoms with Gasteiger partial charge in [-0.2, -0.15) is 0 Å². The van der Waals surface area contributed by atoms with E-state index < -0.39 is 22.7 Å². The lowest BCUT2D eigenvalue weighted by Crippen LogP contribution is -2.41. The molecule has 1 heterocycles. The van der Waals surface area contributed by atoms with Crippen LogP contribution in [0.3, 0.4) is 0 Å². The minimum atomic E-state index is -1.01. The summed E-state index contributed by atoms with van der Waals surface area (Å²) >= 11 is 0. The first-order chi connectivity index (χ1) is 9.20. The smallest absolute Gasteiger partial charge is 0.310 e. The molecule has 20 heavy (non-hydrogen) atoms. The Labute approximate surface area is 119 Å². The van der Waals surface area contributed by atoms with Gasteiger partial charge in [0.25, 0.3) is 0 Å². The van der Waals surface area contributed by atoms with Crippen LogP contribution in [0, 0.1) is 10.8 Å². The SMILES string of the molecule is CCC(CC)(CC(=O)N1CCC(C)(C(N)=O)C1)C(=O)O. The molecule has 114 valence electrons. The van der Waals surface area contributed by atoms with Crippen LogP contribution >= 0.6 is 0 Å². The fraction of sp³-hybridized carbons (Fsp3) is 0.786. The van der Waals surface area contributed by atoms with Gasteiger partial charge in [0.1, 0.15) is 0 Å². The van der Waals surface area contributed by atoms with Gasteiger partial charge in [0.15, 0.2) is 0 Å². The van der Waals surface area contributed by atoms with Crippen LogP contribution in [0.4, 0.5) is 0 Å². The fourth-order valence-electron chi connectivity index (χ4n) is 2.65. The summed E-state index contributed by atoms with van der Waals surface area (Å²) in [6, 6.07) is 0. The maximum Gasteiger partial charge on any atom is 0.310 e. The molecular formula is C14H24N2O4. The average Bonchev–Trinajstić information content (AvgIpc) is 2.80. The molecule has 3 N–H and O–H groups in total. The van der Waals surface area contributed by atoms with E-state index in [1.165, 1.54) is 0 Å². The summed E-state index contributed by atoms with van der Waals surface area (Å²) in [6.07, 6.45) is 1.33. The highest BCUT2D eigenvalue weighted by Crippen LogP contribution is 2.35. The number of nitrogens with two attached hydrogens (primary N) is 1. The van der Waals surface area contributed by atoms with E-state index in [1.807, 2.05) is 0 Å². The molecule has 0 aromatic rings. The Kier molecular flexibility index (Phi) is 4.78. The number of carbonyl (C=O) groups excluding carboxylic acids is 2. The van der Waals surface area contributed by atoms with Crippen LogP contribution < -0.4 is 5.73 Å². The van der Waals surface area contributed by atoms with Gasteiger partial charge in [-0.25, -0.2) is 0 Å². The molecule has 0 aromatic heterocycles. The Morgan fingerprint density at radius 1 is 1.30 bits per heavy atom. The van der Waals surface area contributed by atoms with E-state index in [0.29, 0.717) is 25.8 Å². The number of hydrogen-bond donors (Lipinski definition) is 2. The molecule has 1 fully saturated rings. The van der Waals surface area contributed by atoms with Crippen LogP contribution in [-0.4, -0.2) is 40.9 Å². The van der Waals surface area contributed by atoms with Crippen LogP contribution in [0.25, 0.3) is 0 Å². The summed E-state index contributed by atoms with van der Waals surface area (Å²) in [7, 11) is 0. The van der Waals surface area contributed by atoms with Gasteiger partial charge in [-0.15, -0.1) is 0 Å². The quantitative estimate of drug-likeness (QED) is 0.759. The average molecular weight is 284 g/mol. The van der Waals surface area contributed by atoms with E-state index >= 15 is 0 Å². The Morgan fingerprint density at radius 2 is 1.85 bits per heavy atom. The zero-order valence-corrected chi connectivity index (χ0v) is 12.4. The van der Waals surface area contributed by atoms with Crippen molar-refractivity contribution in [1.29, 1.82) is 0 Å². The normalized spacial score (nSPS) is 22.9. The number of carbonyl (C=O) groups is 3. The summed E-state index contributed by atoms with van der Waals surface area (Å²) in [5, 5.41) is 9.36. The highest BCUT2D eigenvalue weighted by molar-refractivity contribution is 5.87. The van der Waals surface area contributed by atoms with Crippen molar-refractivity contribution in [3.63, 3.8) is 0 Å². The van der Waals surface area contributed by atoms with Crippen molar-refractivity contribution >= 4 is 17.8 Å². The number of rotatable bonds is 6. The van der Waals surface area contributed by atoms with Crippen LogP contribution in [0.15, 0.2) is 0 Å². The first-order valence-corrected chi connectivity index (χ1v) is 7.02. The number of likely N-dealkylation sites (tertiary alicyclic amines) is 1. The van der Waals surface area contributed by atoms with Crippen molar-refractivity contribution in [2.45, 2.75) is 46.5 Å². The van der Waals surface area contributed by atoms with Gasteiger partial charge in [0.05, 0.1) is 10.8 Å². The number of hydrogen-bond acceptors (Lipinski definition) is 3.